The van der Waals surface area contributed by atoms with E-state index < -0.39 is 11.9 Å². The molecule has 1 amide bonds. The van der Waals surface area contributed by atoms with Gasteiger partial charge in [0.1, 0.15) is 5.82 Å². The standard InChI is InChI=1S/C25H30FN3O3/c1-2-28-22-18(19(14-30)23(28)24(31)27-15-7-3-4-8-15)13-29-21(22)12-11-17(25(29)32)16-9-5-6-10-20(16)26/h5-6,9-12,15,18-19,22-23,30H,2-4,7-8,13-14H2,1H3,(H,27,31)/t18-,19-,22+,23-/m0/s1. The number of pyridine rings is 1. The number of halogens is 1. The first-order chi connectivity index (χ1) is 15.5. The Labute approximate surface area is 187 Å². The first kappa shape index (κ1) is 21.3. The number of hydrogen-bond acceptors (Lipinski definition) is 4. The van der Waals surface area contributed by atoms with Gasteiger partial charge in [-0.05, 0) is 37.6 Å². The van der Waals surface area contributed by atoms with Crippen molar-refractivity contribution in [3.8, 4) is 11.1 Å². The molecule has 0 bridgehead atoms. The van der Waals surface area contributed by atoms with Gasteiger partial charge in [0.2, 0.25) is 5.91 Å². The Morgan fingerprint density at radius 1 is 1.16 bits per heavy atom. The van der Waals surface area contributed by atoms with Gasteiger partial charge in [0.25, 0.3) is 5.56 Å². The van der Waals surface area contributed by atoms with E-state index in [-0.39, 0.29) is 42.0 Å². The van der Waals surface area contributed by atoms with Gasteiger partial charge < -0.3 is 15.0 Å². The lowest BCUT2D eigenvalue weighted by atomic mass is 9.88. The van der Waals surface area contributed by atoms with E-state index in [1.165, 1.54) is 6.07 Å². The number of carbonyl (C=O) groups excluding carboxylic acids is 1. The summed E-state index contributed by atoms with van der Waals surface area (Å²) in [4.78, 5) is 28.7. The number of aliphatic hydroxyl groups excluding tert-OH is 1. The van der Waals surface area contributed by atoms with Crippen molar-refractivity contribution < 1.29 is 14.3 Å². The number of nitrogens with one attached hydrogen (secondary N) is 1. The quantitative estimate of drug-likeness (QED) is 0.751. The molecular weight excluding hydrogens is 409 g/mol. The Morgan fingerprint density at radius 2 is 1.91 bits per heavy atom. The number of nitrogens with zero attached hydrogens (tertiary/aromatic N) is 2. The lowest BCUT2D eigenvalue weighted by molar-refractivity contribution is -0.128. The molecule has 1 aliphatic carbocycles. The van der Waals surface area contributed by atoms with Crippen LogP contribution in [0.5, 0.6) is 0 Å². The van der Waals surface area contributed by atoms with Gasteiger partial charge in [0.05, 0.1) is 17.6 Å². The van der Waals surface area contributed by atoms with E-state index in [2.05, 4.69) is 10.2 Å². The summed E-state index contributed by atoms with van der Waals surface area (Å²) in [6, 6.07) is 9.59. The molecule has 2 fully saturated rings. The summed E-state index contributed by atoms with van der Waals surface area (Å²) in [5, 5.41) is 13.5. The van der Waals surface area contributed by atoms with Crippen molar-refractivity contribution in [3.63, 3.8) is 0 Å². The minimum atomic E-state index is -0.421. The summed E-state index contributed by atoms with van der Waals surface area (Å²) in [5.74, 6) is -0.722. The number of hydrogen-bond donors (Lipinski definition) is 2. The molecule has 1 aromatic heterocycles. The van der Waals surface area contributed by atoms with Gasteiger partial charge >= 0.3 is 0 Å². The van der Waals surface area contributed by atoms with Gasteiger partial charge in [-0.2, -0.15) is 0 Å². The highest BCUT2D eigenvalue weighted by Gasteiger charge is 2.55. The molecule has 0 spiro atoms. The van der Waals surface area contributed by atoms with Crippen LogP contribution >= 0.6 is 0 Å². The topological polar surface area (TPSA) is 74.6 Å². The highest BCUT2D eigenvalue weighted by Crippen LogP contribution is 2.49. The Morgan fingerprint density at radius 3 is 2.59 bits per heavy atom. The van der Waals surface area contributed by atoms with Crippen LogP contribution in [-0.4, -0.2) is 45.7 Å². The third-order valence-corrected chi connectivity index (χ3v) is 7.69. The zero-order valence-electron chi connectivity index (χ0n) is 18.3. The van der Waals surface area contributed by atoms with Crippen LogP contribution in [0, 0.1) is 17.7 Å². The summed E-state index contributed by atoms with van der Waals surface area (Å²) >= 11 is 0. The molecule has 1 saturated carbocycles. The van der Waals surface area contributed by atoms with Gasteiger partial charge in [-0.25, -0.2) is 4.39 Å². The maximum absolute atomic E-state index is 14.3. The fourth-order valence-corrected chi connectivity index (χ4v) is 6.22. The molecule has 2 N–H and O–H groups in total. The Hall–Kier alpha value is -2.51. The minimum absolute atomic E-state index is 0.0101. The molecule has 0 radical (unpaired) electrons. The van der Waals surface area contributed by atoms with E-state index >= 15 is 0 Å². The van der Waals surface area contributed by atoms with Crippen molar-refractivity contribution in [2.45, 2.75) is 57.3 Å². The lowest BCUT2D eigenvalue weighted by Crippen LogP contribution is -2.50. The highest BCUT2D eigenvalue weighted by atomic mass is 19.1. The number of benzene rings is 1. The zero-order valence-corrected chi connectivity index (χ0v) is 18.3. The molecule has 1 aromatic carbocycles. The predicted octanol–water partition coefficient (Wildman–Crippen LogP) is 2.70. The van der Waals surface area contributed by atoms with Gasteiger partial charge in [-0.1, -0.05) is 38.0 Å². The highest BCUT2D eigenvalue weighted by molar-refractivity contribution is 5.83. The normalized spacial score (nSPS) is 27.5. The largest absolute Gasteiger partial charge is 0.396 e. The third-order valence-electron chi connectivity index (χ3n) is 7.69. The predicted molar refractivity (Wildman–Crippen MR) is 119 cm³/mol. The van der Waals surface area contributed by atoms with Crippen LogP contribution < -0.4 is 10.9 Å². The van der Waals surface area contributed by atoms with Gasteiger partial charge in [-0.15, -0.1) is 0 Å². The van der Waals surface area contributed by atoms with E-state index in [9.17, 15) is 19.1 Å². The number of carbonyl (C=O) groups is 1. The molecule has 1 saturated heterocycles. The number of likely N-dealkylation sites (N-methyl/N-ethyl adjacent to an activating group) is 1. The number of likely N-dealkylation sites (tertiary alicyclic amines) is 1. The monoisotopic (exact) mass is 439 g/mol. The molecule has 32 heavy (non-hydrogen) atoms. The van der Waals surface area contributed by atoms with Crippen molar-refractivity contribution in [2.24, 2.45) is 11.8 Å². The molecule has 7 heteroatoms. The second kappa shape index (κ2) is 8.45. The van der Waals surface area contributed by atoms with Crippen molar-refractivity contribution in [3.05, 3.63) is 58.3 Å². The lowest BCUT2D eigenvalue weighted by Gasteiger charge is -2.30. The molecule has 0 unspecified atom stereocenters. The van der Waals surface area contributed by atoms with Crippen molar-refractivity contribution >= 4 is 5.91 Å². The summed E-state index contributed by atoms with van der Waals surface area (Å²) in [5.41, 5.74) is 1.26. The Balaban J connectivity index is 1.50. The van der Waals surface area contributed by atoms with Gasteiger partial charge in [0, 0.05) is 42.3 Å². The maximum Gasteiger partial charge on any atom is 0.258 e. The SMILES string of the molecule is CCN1[C@H](C(=O)NC2CCCC2)[C@@H](CO)[C@@H]2Cn3c(ccc(-c4ccccc4F)c3=O)[C@@H]21. The van der Waals surface area contributed by atoms with Gasteiger partial charge in [0.15, 0.2) is 0 Å². The second-order valence-corrected chi connectivity index (χ2v) is 9.29. The minimum Gasteiger partial charge on any atom is -0.396 e. The van der Waals surface area contributed by atoms with Crippen LogP contribution in [-0.2, 0) is 11.3 Å². The molecule has 5 rings (SSSR count). The molecule has 3 heterocycles. The van der Waals surface area contributed by atoms with Crippen molar-refractivity contribution in [1.29, 1.82) is 0 Å². The second-order valence-electron chi connectivity index (χ2n) is 9.29. The third kappa shape index (κ3) is 3.30. The van der Waals surface area contributed by atoms with Crippen molar-refractivity contribution in [1.82, 2.24) is 14.8 Å². The summed E-state index contributed by atoms with van der Waals surface area (Å²) in [6.07, 6.45) is 4.31. The molecule has 2 aliphatic heterocycles. The average Bonchev–Trinajstić information content (AvgIpc) is 3.49. The fourth-order valence-electron chi connectivity index (χ4n) is 6.22. The van der Waals surface area contributed by atoms with Gasteiger partial charge in [-0.3, -0.25) is 14.5 Å². The van der Waals surface area contributed by atoms with Crippen LogP contribution in [0.2, 0.25) is 0 Å². The molecule has 3 aliphatic rings. The number of fused-ring (bicyclic) bond motifs is 3. The number of aromatic nitrogens is 1. The molecular formula is C25H30FN3O3. The average molecular weight is 440 g/mol. The van der Waals surface area contributed by atoms with Crippen molar-refractivity contribution in [2.75, 3.05) is 13.2 Å². The van der Waals surface area contributed by atoms with E-state index in [1.54, 1.807) is 28.8 Å². The smallest absolute Gasteiger partial charge is 0.258 e. The summed E-state index contributed by atoms with van der Waals surface area (Å²) in [6.45, 7) is 2.98. The van der Waals surface area contributed by atoms with Crippen LogP contribution in [0.25, 0.3) is 11.1 Å². The molecule has 170 valence electrons. The Bertz CT molecular complexity index is 1080. The van der Waals surface area contributed by atoms with E-state index in [4.69, 9.17) is 0 Å². The van der Waals surface area contributed by atoms with Crippen LogP contribution in [0.15, 0.2) is 41.2 Å². The Kier molecular flexibility index (Phi) is 5.63. The first-order valence-corrected chi connectivity index (χ1v) is 11.7. The molecule has 6 nitrogen and oxygen atoms in total. The van der Waals surface area contributed by atoms with E-state index in [0.29, 0.717) is 24.2 Å². The maximum atomic E-state index is 14.3. The zero-order chi connectivity index (χ0) is 22.4. The number of aliphatic hydroxyl groups is 1. The number of rotatable bonds is 5. The van der Waals surface area contributed by atoms with Crippen LogP contribution in [0.3, 0.4) is 0 Å². The van der Waals surface area contributed by atoms with Crippen LogP contribution in [0.4, 0.5) is 4.39 Å². The molecule has 2 aromatic rings. The summed E-state index contributed by atoms with van der Waals surface area (Å²) in [7, 11) is 0. The molecule has 4 atom stereocenters. The number of amides is 1. The summed E-state index contributed by atoms with van der Waals surface area (Å²) < 4.78 is 16.1. The first-order valence-electron chi connectivity index (χ1n) is 11.7. The fraction of sp³-hybridized carbons (Fsp3) is 0.520. The van der Waals surface area contributed by atoms with E-state index in [0.717, 1.165) is 31.4 Å². The van der Waals surface area contributed by atoms with Crippen LogP contribution in [0.1, 0.15) is 44.3 Å². The van der Waals surface area contributed by atoms with E-state index in [1.807, 2.05) is 13.0 Å².